The van der Waals surface area contributed by atoms with Crippen LogP contribution in [-0.4, -0.2) is 5.97 Å². The van der Waals surface area contributed by atoms with Crippen molar-refractivity contribution in [3.63, 3.8) is 0 Å². The summed E-state index contributed by atoms with van der Waals surface area (Å²) in [6, 6.07) is 17.5. The average molecular weight is 306 g/mol. The number of benzene rings is 2. The summed E-state index contributed by atoms with van der Waals surface area (Å²) in [5.41, 5.74) is 2.22. The molecule has 0 radical (unpaired) electrons. The Morgan fingerprint density at radius 2 is 1.61 bits per heavy atom. The number of hydrogen-bond acceptors (Lipinski definition) is 2. The van der Waals surface area contributed by atoms with E-state index in [4.69, 9.17) is 4.74 Å². The van der Waals surface area contributed by atoms with Crippen molar-refractivity contribution >= 4 is 12.0 Å². The zero-order valence-corrected chi connectivity index (χ0v) is 13.3. The summed E-state index contributed by atoms with van der Waals surface area (Å²) in [6.07, 6.45) is 6.96. The van der Waals surface area contributed by atoms with Gasteiger partial charge in [0.05, 0.1) is 5.56 Å². The molecule has 0 bridgehead atoms. The zero-order valence-electron chi connectivity index (χ0n) is 13.3. The smallest absolute Gasteiger partial charge is 0.339 e. The van der Waals surface area contributed by atoms with Gasteiger partial charge in [0.2, 0.25) is 0 Å². The number of rotatable bonds is 4. The van der Waals surface area contributed by atoms with Crippen molar-refractivity contribution in [1.82, 2.24) is 0 Å². The monoisotopic (exact) mass is 306 g/mol. The van der Waals surface area contributed by atoms with E-state index in [1.54, 1.807) is 18.2 Å². The summed E-state index contributed by atoms with van der Waals surface area (Å²) in [7, 11) is 0. The normalized spacial score (nSPS) is 16.5. The Labute approximate surface area is 137 Å². The van der Waals surface area contributed by atoms with Gasteiger partial charge in [-0.1, -0.05) is 61.5 Å². The van der Waals surface area contributed by atoms with Crippen LogP contribution in [0.3, 0.4) is 0 Å². The second-order valence-electron chi connectivity index (χ2n) is 6.14. The van der Waals surface area contributed by atoms with Gasteiger partial charge in [-0.15, -0.1) is 0 Å². The molecule has 0 unspecified atom stereocenters. The van der Waals surface area contributed by atoms with Crippen LogP contribution in [0.2, 0.25) is 0 Å². The van der Waals surface area contributed by atoms with Gasteiger partial charge in [0, 0.05) is 0 Å². The van der Waals surface area contributed by atoms with Gasteiger partial charge in [-0.25, -0.2) is 4.79 Å². The zero-order chi connectivity index (χ0) is 16.1. The second kappa shape index (κ2) is 6.82. The molecule has 0 aliphatic heterocycles. The molecule has 0 atom stereocenters. The highest BCUT2D eigenvalue weighted by molar-refractivity contribution is 5.90. The van der Waals surface area contributed by atoms with Crippen LogP contribution in [0.4, 0.5) is 0 Å². The van der Waals surface area contributed by atoms with E-state index >= 15 is 0 Å². The molecule has 0 amide bonds. The van der Waals surface area contributed by atoms with Gasteiger partial charge in [-0.3, -0.25) is 0 Å². The molecule has 1 aliphatic rings. The Morgan fingerprint density at radius 3 is 2.22 bits per heavy atom. The molecule has 0 spiro atoms. The first kappa shape index (κ1) is 15.5. The van der Waals surface area contributed by atoms with Crippen LogP contribution < -0.4 is 0 Å². The van der Waals surface area contributed by atoms with Crippen LogP contribution in [0, 0.1) is 0 Å². The van der Waals surface area contributed by atoms with E-state index in [0.29, 0.717) is 5.56 Å². The lowest BCUT2D eigenvalue weighted by Gasteiger charge is -2.37. The molecule has 2 heteroatoms. The Kier molecular flexibility index (Phi) is 4.61. The summed E-state index contributed by atoms with van der Waals surface area (Å²) in [5, 5.41) is 0. The quantitative estimate of drug-likeness (QED) is 0.712. The lowest BCUT2D eigenvalue weighted by atomic mass is 9.79. The fourth-order valence-corrected chi connectivity index (χ4v) is 3.31. The number of esters is 1. The van der Waals surface area contributed by atoms with E-state index in [1.807, 2.05) is 30.3 Å². The second-order valence-corrected chi connectivity index (χ2v) is 6.14. The molecule has 1 fully saturated rings. The van der Waals surface area contributed by atoms with E-state index in [-0.39, 0.29) is 5.97 Å². The van der Waals surface area contributed by atoms with E-state index in [1.165, 1.54) is 6.42 Å². The predicted octanol–water partition coefficient (Wildman–Crippen LogP) is 5.35. The minimum atomic E-state index is -0.478. The summed E-state index contributed by atoms with van der Waals surface area (Å²) in [4.78, 5) is 12.6. The maximum absolute atomic E-state index is 12.6. The molecule has 2 aromatic rings. The Balaban J connectivity index is 1.86. The molecule has 0 saturated heterocycles. The predicted molar refractivity (Wildman–Crippen MR) is 93.2 cm³/mol. The van der Waals surface area contributed by atoms with E-state index in [9.17, 15) is 4.79 Å². The lowest BCUT2D eigenvalue weighted by Crippen LogP contribution is -2.34. The number of hydrogen-bond donors (Lipinski definition) is 0. The van der Waals surface area contributed by atoms with Crippen molar-refractivity contribution in [2.24, 2.45) is 0 Å². The number of carbonyl (C=O) groups is 1. The maximum atomic E-state index is 12.6. The molecular weight excluding hydrogens is 284 g/mol. The standard InChI is InChI=1S/C21H22O2/c1-2-17-11-13-18(14-12-17)20(22)23-21(15-7-4-8-16-21)19-9-5-3-6-10-19/h2-3,5-6,9-14H,1,4,7-8,15-16H2. The summed E-state index contributed by atoms with van der Waals surface area (Å²) in [6.45, 7) is 3.73. The van der Waals surface area contributed by atoms with Crippen molar-refractivity contribution in [1.29, 1.82) is 0 Å². The third-order valence-electron chi connectivity index (χ3n) is 4.63. The highest BCUT2D eigenvalue weighted by atomic mass is 16.6. The summed E-state index contributed by atoms with van der Waals surface area (Å²) in [5.74, 6) is -0.244. The Morgan fingerprint density at radius 1 is 0.957 bits per heavy atom. The van der Waals surface area contributed by atoms with Gasteiger partial charge < -0.3 is 4.74 Å². The average Bonchev–Trinajstić information content (AvgIpc) is 2.63. The third kappa shape index (κ3) is 3.37. The highest BCUT2D eigenvalue weighted by Gasteiger charge is 2.37. The van der Waals surface area contributed by atoms with E-state index < -0.39 is 5.60 Å². The van der Waals surface area contributed by atoms with Crippen molar-refractivity contribution < 1.29 is 9.53 Å². The van der Waals surface area contributed by atoms with Crippen LogP contribution in [0.5, 0.6) is 0 Å². The van der Waals surface area contributed by atoms with E-state index in [2.05, 4.69) is 18.7 Å². The highest BCUT2D eigenvalue weighted by Crippen LogP contribution is 2.41. The molecule has 2 nitrogen and oxygen atoms in total. The molecular formula is C21H22O2. The molecule has 0 N–H and O–H groups in total. The maximum Gasteiger partial charge on any atom is 0.339 e. The fourth-order valence-electron chi connectivity index (χ4n) is 3.31. The van der Waals surface area contributed by atoms with Crippen molar-refractivity contribution in [3.8, 4) is 0 Å². The third-order valence-corrected chi connectivity index (χ3v) is 4.63. The van der Waals surface area contributed by atoms with Gasteiger partial charge in [0.1, 0.15) is 5.60 Å². The Bertz CT molecular complexity index is 665. The molecule has 1 saturated carbocycles. The minimum Gasteiger partial charge on any atom is -0.451 e. The van der Waals surface area contributed by atoms with Gasteiger partial charge in [-0.2, -0.15) is 0 Å². The van der Waals surface area contributed by atoms with Crippen molar-refractivity contribution in [2.45, 2.75) is 37.7 Å². The van der Waals surface area contributed by atoms with Crippen molar-refractivity contribution in [3.05, 3.63) is 77.9 Å². The molecule has 0 heterocycles. The molecule has 0 aromatic heterocycles. The SMILES string of the molecule is C=Cc1ccc(C(=O)OC2(c3ccccc3)CCCCC2)cc1. The largest absolute Gasteiger partial charge is 0.451 e. The first-order valence-corrected chi connectivity index (χ1v) is 8.25. The van der Waals surface area contributed by atoms with Crippen LogP contribution >= 0.6 is 0 Å². The molecule has 118 valence electrons. The Hall–Kier alpha value is -2.35. The van der Waals surface area contributed by atoms with Crippen LogP contribution in [0.25, 0.3) is 6.08 Å². The topological polar surface area (TPSA) is 26.3 Å². The van der Waals surface area contributed by atoms with Gasteiger partial charge in [0.25, 0.3) is 0 Å². The van der Waals surface area contributed by atoms with Gasteiger partial charge in [-0.05, 0) is 48.9 Å². The van der Waals surface area contributed by atoms with Crippen LogP contribution in [0.15, 0.2) is 61.2 Å². The fraction of sp³-hybridized carbons (Fsp3) is 0.286. The van der Waals surface area contributed by atoms with Gasteiger partial charge >= 0.3 is 5.97 Å². The van der Waals surface area contributed by atoms with E-state index in [0.717, 1.165) is 36.8 Å². The number of ether oxygens (including phenoxy) is 1. The van der Waals surface area contributed by atoms with Gasteiger partial charge in [0.15, 0.2) is 0 Å². The molecule has 3 rings (SSSR count). The van der Waals surface area contributed by atoms with Crippen molar-refractivity contribution in [2.75, 3.05) is 0 Å². The lowest BCUT2D eigenvalue weighted by molar-refractivity contribution is -0.0416. The summed E-state index contributed by atoms with van der Waals surface area (Å²) >= 11 is 0. The van der Waals surface area contributed by atoms with Crippen LogP contribution in [0.1, 0.15) is 53.6 Å². The first-order valence-electron chi connectivity index (χ1n) is 8.25. The minimum absolute atomic E-state index is 0.244. The first-order chi connectivity index (χ1) is 11.2. The van der Waals surface area contributed by atoms with Crippen LogP contribution in [-0.2, 0) is 10.3 Å². The molecule has 1 aliphatic carbocycles. The summed E-state index contributed by atoms with van der Waals surface area (Å²) < 4.78 is 6.06. The molecule has 23 heavy (non-hydrogen) atoms. The number of carbonyl (C=O) groups excluding carboxylic acids is 1. The molecule has 2 aromatic carbocycles.